The molecule has 0 spiro atoms. The molecule has 1 saturated heterocycles. The number of anilines is 1. The molecule has 0 radical (unpaired) electrons. The number of carbonyl (C=O) groups is 1. The maximum Gasteiger partial charge on any atom is 0.244 e. The van der Waals surface area contributed by atoms with Crippen molar-refractivity contribution in [2.75, 3.05) is 18.4 Å². The lowest BCUT2D eigenvalue weighted by Crippen LogP contribution is -2.41. The van der Waals surface area contributed by atoms with Gasteiger partial charge in [-0.2, -0.15) is 4.31 Å². The Morgan fingerprint density at radius 1 is 1.12 bits per heavy atom. The fourth-order valence-electron chi connectivity index (χ4n) is 2.96. The fraction of sp³-hybridized carbons (Fsp3) is 0.278. The van der Waals surface area contributed by atoms with E-state index in [0.29, 0.717) is 18.5 Å². The molecule has 1 heterocycles. The van der Waals surface area contributed by atoms with Crippen molar-refractivity contribution >= 4 is 33.2 Å². The monoisotopic (exact) mass is 396 g/mol. The van der Waals surface area contributed by atoms with Gasteiger partial charge in [-0.15, -0.1) is 0 Å². The smallest absolute Gasteiger partial charge is 0.244 e. The van der Waals surface area contributed by atoms with Gasteiger partial charge in [-0.05, 0) is 43.2 Å². The summed E-state index contributed by atoms with van der Waals surface area (Å²) >= 11 is 6.01. The number of carbonyl (C=O) groups excluding carboxylic acids is 1. The molecular weight excluding hydrogens is 379 g/mol. The third kappa shape index (κ3) is 4.06. The Morgan fingerprint density at radius 3 is 2.46 bits per heavy atom. The molecule has 2 aromatic rings. The van der Waals surface area contributed by atoms with Crippen molar-refractivity contribution in [1.82, 2.24) is 4.31 Å². The molecule has 1 amide bonds. The summed E-state index contributed by atoms with van der Waals surface area (Å²) in [6, 6.07) is 12.0. The average Bonchev–Trinajstić information content (AvgIpc) is 2.62. The first-order chi connectivity index (χ1) is 12.4. The highest BCUT2D eigenvalue weighted by atomic mass is 35.5. The Labute approximate surface area is 156 Å². The molecule has 0 atom stereocenters. The Morgan fingerprint density at radius 2 is 1.81 bits per heavy atom. The van der Waals surface area contributed by atoms with Crippen molar-refractivity contribution in [3.05, 3.63) is 59.4 Å². The van der Waals surface area contributed by atoms with Crippen LogP contribution in [0.15, 0.2) is 53.4 Å². The van der Waals surface area contributed by atoms with Crippen LogP contribution in [0.4, 0.5) is 10.1 Å². The summed E-state index contributed by atoms with van der Waals surface area (Å²) in [6.07, 6.45) is 0.787. The topological polar surface area (TPSA) is 66.5 Å². The van der Waals surface area contributed by atoms with E-state index in [1.807, 2.05) is 0 Å². The van der Waals surface area contributed by atoms with Gasteiger partial charge in [0.2, 0.25) is 15.9 Å². The number of halogens is 2. The number of hydrogen-bond acceptors (Lipinski definition) is 3. The summed E-state index contributed by atoms with van der Waals surface area (Å²) < 4.78 is 40.0. The minimum Gasteiger partial charge on any atom is -0.326 e. The number of hydrogen-bond donors (Lipinski definition) is 1. The summed E-state index contributed by atoms with van der Waals surface area (Å²) in [4.78, 5) is 12.4. The first-order valence-corrected chi connectivity index (χ1v) is 10.0. The third-order valence-electron chi connectivity index (χ3n) is 4.37. The molecule has 2 aromatic carbocycles. The van der Waals surface area contributed by atoms with Gasteiger partial charge in [0.15, 0.2) is 0 Å². The average molecular weight is 397 g/mol. The lowest BCUT2D eigenvalue weighted by molar-refractivity contribution is -0.120. The number of rotatable bonds is 4. The van der Waals surface area contributed by atoms with Gasteiger partial charge in [0.25, 0.3) is 0 Å². The lowest BCUT2D eigenvalue weighted by Gasteiger charge is -2.30. The second-order valence-corrected chi connectivity index (χ2v) is 8.42. The van der Waals surface area contributed by atoms with Crippen LogP contribution in [0, 0.1) is 11.7 Å². The number of nitrogens with zero attached hydrogens (tertiary/aromatic N) is 1. The van der Waals surface area contributed by atoms with Gasteiger partial charge in [0.05, 0.1) is 5.02 Å². The van der Waals surface area contributed by atoms with Crippen molar-refractivity contribution in [2.45, 2.75) is 17.7 Å². The standard InChI is InChI=1S/C18H18ClFN2O3S/c19-16-6-1-2-7-17(16)26(24,25)22-10-8-13(9-11-22)18(23)21-15-5-3-4-14(20)12-15/h1-7,12-13H,8-11H2,(H,21,23). The molecule has 0 aliphatic carbocycles. The van der Waals surface area contributed by atoms with Crippen molar-refractivity contribution in [2.24, 2.45) is 5.92 Å². The van der Waals surface area contributed by atoms with Crippen LogP contribution in [0.1, 0.15) is 12.8 Å². The molecule has 1 N–H and O–H groups in total. The zero-order valence-corrected chi connectivity index (χ0v) is 15.4. The van der Waals surface area contributed by atoms with Crippen LogP contribution in [0.3, 0.4) is 0 Å². The lowest BCUT2D eigenvalue weighted by atomic mass is 9.97. The highest BCUT2D eigenvalue weighted by Crippen LogP contribution is 2.28. The molecule has 0 unspecified atom stereocenters. The predicted molar refractivity (Wildman–Crippen MR) is 98.0 cm³/mol. The molecule has 5 nitrogen and oxygen atoms in total. The number of amides is 1. The van der Waals surface area contributed by atoms with Crippen LogP contribution < -0.4 is 5.32 Å². The predicted octanol–water partition coefficient (Wildman–Crippen LogP) is 3.52. The largest absolute Gasteiger partial charge is 0.326 e. The normalized spacial score (nSPS) is 16.4. The zero-order valence-electron chi connectivity index (χ0n) is 13.9. The highest BCUT2D eigenvalue weighted by molar-refractivity contribution is 7.89. The molecule has 1 aliphatic rings. The maximum atomic E-state index is 13.2. The van der Waals surface area contributed by atoms with E-state index in [4.69, 9.17) is 11.6 Å². The van der Waals surface area contributed by atoms with E-state index in [9.17, 15) is 17.6 Å². The fourth-order valence-corrected chi connectivity index (χ4v) is 4.92. The summed E-state index contributed by atoms with van der Waals surface area (Å²) in [5.41, 5.74) is 0.390. The Balaban J connectivity index is 1.64. The number of sulfonamides is 1. The van der Waals surface area contributed by atoms with E-state index < -0.39 is 15.8 Å². The van der Waals surface area contributed by atoms with Gasteiger partial charge in [-0.1, -0.05) is 29.8 Å². The Bertz CT molecular complexity index is 912. The minimum absolute atomic E-state index is 0.0735. The summed E-state index contributed by atoms with van der Waals surface area (Å²) in [5.74, 6) is -0.982. The SMILES string of the molecule is O=C(Nc1cccc(F)c1)C1CCN(S(=O)(=O)c2ccccc2Cl)CC1. The van der Waals surface area contributed by atoms with E-state index in [1.54, 1.807) is 18.2 Å². The van der Waals surface area contributed by atoms with Crippen LogP contribution in [0.25, 0.3) is 0 Å². The van der Waals surface area contributed by atoms with Gasteiger partial charge < -0.3 is 5.32 Å². The first kappa shape index (κ1) is 18.8. The van der Waals surface area contributed by atoms with Crippen LogP contribution in [0.2, 0.25) is 5.02 Å². The van der Waals surface area contributed by atoms with Gasteiger partial charge in [-0.3, -0.25) is 4.79 Å². The van der Waals surface area contributed by atoms with Gasteiger partial charge in [0, 0.05) is 24.7 Å². The molecular formula is C18H18ClFN2O3S. The molecule has 1 fully saturated rings. The zero-order chi connectivity index (χ0) is 18.7. The molecule has 26 heavy (non-hydrogen) atoms. The quantitative estimate of drug-likeness (QED) is 0.859. The first-order valence-electron chi connectivity index (χ1n) is 8.19. The molecule has 3 rings (SSSR count). The second kappa shape index (κ2) is 7.73. The third-order valence-corrected chi connectivity index (χ3v) is 6.77. The van der Waals surface area contributed by atoms with Crippen LogP contribution in [0.5, 0.6) is 0 Å². The van der Waals surface area contributed by atoms with E-state index in [-0.39, 0.29) is 34.8 Å². The summed E-state index contributed by atoms with van der Waals surface area (Å²) in [5, 5.41) is 2.86. The molecule has 0 bridgehead atoms. The van der Waals surface area contributed by atoms with E-state index in [1.165, 1.54) is 34.6 Å². The van der Waals surface area contributed by atoms with Gasteiger partial charge in [0.1, 0.15) is 10.7 Å². The summed E-state index contributed by atoms with van der Waals surface area (Å²) in [6.45, 7) is 0.462. The molecule has 0 aromatic heterocycles. The van der Waals surface area contributed by atoms with E-state index >= 15 is 0 Å². The highest BCUT2D eigenvalue weighted by Gasteiger charge is 2.33. The van der Waals surface area contributed by atoms with Gasteiger partial charge in [-0.25, -0.2) is 12.8 Å². The van der Waals surface area contributed by atoms with Crippen LogP contribution in [-0.4, -0.2) is 31.7 Å². The van der Waals surface area contributed by atoms with Crippen LogP contribution in [-0.2, 0) is 14.8 Å². The number of benzene rings is 2. The number of piperidine rings is 1. The van der Waals surface area contributed by atoms with E-state index in [2.05, 4.69) is 5.32 Å². The molecule has 0 saturated carbocycles. The van der Waals surface area contributed by atoms with Crippen molar-refractivity contribution in [3.63, 3.8) is 0 Å². The minimum atomic E-state index is -3.69. The van der Waals surface area contributed by atoms with Crippen molar-refractivity contribution in [3.8, 4) is 0 Å². The summed E-state index contributed by atoms with van der Waals surface area (Å²) in [7, 11) is -3.69. The second-order valence-electron chi connectivity index (χ2n) is 6.11. The van der Waals surface area contributed by atoms with Crippen molar-refractivity contribution < 1.29 is 17.6 Å². The molecule has 138 valence electrons. The van der Waals surface area contributed by atoms with Crippen molar-refractivity contribution in [1.29, 1.82) is 0 Å². The Hall–Kier alpha value is -1.96. The van der Waals surface area contributed by atoms with E-state index in [0.717, 1.165) is 0 Å². The maximum absolute atomic E-state index is 13.2. The Kier molecular flexibility index (Phi) is 5.60. The van der Waals surface area contributed by atoms with Crippen LogP contribution >= 0.6 is 11.6 Å². The molecule has 8 heteroatoms. The van der Waals surface area contributed by atoms with Gasteiger partial charge >= 0.3 is 0 Å². The number of nitrogens with one attached hydrogen (secondary N) is 1. The molecule has 1 aliphatic heterocycles.